The van der Waals surface area contributed by atoms with Crippen molar-refractivity contribution in [1.82, 2.24) is 9.80 Å². The molecule has 0 radical (unpaired) electrons. The van der Waals surface area contributed by atoms with Crippen molar-refractivity contribution in [2.45, 2.75) is 57.5 Å². The molecule has 0 saturated carbocycles. The number of hydrogen-bond donors (Lipinski definition) is 1. The van der Waals surface area contributed by atoms with Crippen molar-refractivity contribution in [2.75, 3.05) is 33.2 Å². The topological polar surface area (TPSA) is 32.5 Å². The third kappa shape index (κ3) is 3.94. The van der Waals surface area contributed by atoms with Crippen LogP contribution in [0.25, 0.3) is 0 Å². The molecule has 106 valence electrons. The molecular weight excluding hydrogens is 222 g/mol. The molecule has 2 aliphatic heterocycles. The Morgan fingerprint density at radius 1 is 1.22 bits per heavy atom. The van der Waals surface area contributed by atoms with Gasteiger partial charge in [0.2, 0.25) is 0 Å². The maximum Gasteiger partial charge on any atom is 0.0145 e. The molecule has 0 aromatic carbocycles. The van der Waals surface area contributed by atoms with E-state index >= 15 is 0 Å². The van der Waals surface area contributed by atoms with E-state index in [1.807, 2.05) is 0 Å². The molecule has 0 amide bonds. The van der Waals surface area contributed by atoms with E-state index in [0.29, 0.717) is 0 Å². The number of rotatable bonds is 4. The third-order valence-corrected chi connectivity index (χ3v) is 4.73. The van der Waals surface area contributed by atoms with Crippen molar-refractivity contribution in [3.05, 3.63) is 0 Å². The Hall–Kier alpha value is -0.120. The summed E-state index contributed by atoms with van der Waals surface area (Å²) in [5.74, 6) is 0.920. The van der Waals surface area contributed by atoms with Gasteiger partial charge >= 0.3 is 0 Å². The second-order valence-corrected chi connectivity index (χ2v) is 7.13. The van der Waals surface area contributed by atoms with Crippen LogP contribution in [-0.2, 0) is 0 Å². The van der Waals surface area contributed by atoms with Crippen LogP contribution in [0.5, 0.6) is 0 Å². The summed E-state index contributed by atoms with van der Waals surface area (Å²) >= 11 is 0. The molecule has 2 aliphatic rings. The van der Waals surface area contributed by atoms with E-state index in [1.54, 1.807) is 0 Å². The van der Waals surface area contributed by atoms with Gasteiger partial charge in [0.25, 0.3) is 0 Å². The first-order valence-electron chi connectivity index (χ1n) is 7.67. The van der Waals surface area contributed by atoms with Gasteiger partial charge in [-0.25, -0.2) is 0 Å². The van der Waals surface area contributed by atoms with Crippen LogP contribution in [0.15, 0.2) is 0 Å². The summed E-state index contributed by atoms with van der Waals surface area (Å²) in [6.45, 7) is 9.43. The molecule has 0 aliphatic carbocycles. The van der Waals surface area contributed by atoms with E-state index in [1.165, 1.54) is 51.9 Å². The summed E-state index contributed by atoms with van der Waals surface area (Å²) in [5, 5.41) is 0. The Labute approximate surface area is 113 Å². The molecule has 2 N–H and O–H groups in total. The lowest BCUT2D eigenvalue weighted by Crippen LogP contribution is -2.52. The van der Waals surface area contributed by atoms with Gasteiger partial charge in [-0.15, -0.1) is 0 Å². The predicted octanol–water partition coefficient (Wildman–Crippen LogP) is 1.92. The van der Waals surface area contributed by atoms with Gasteiger partial charge in [0, 0.05) is 18.1 Å². The molecule has 3 heteroatoms. The highest BCUT2D eigenvalue weighted by Crippen LogP contribution is 2.29. The average Bonchev–Trinajstić information content (AvgIpc) is 2.27. The van der Waals surface area contributed by atoms with Gasteiger partial charge in [-0.2, -0.15) is 0 Å². The number of nitrogens with zero attached hydrogens (tertiary/aromatic N) is 2. The van der Waals surface area contributed by atoms with Crippen molar-refractivity contribution < 1.29 is 0 Å². The van der Waals surface area contributed by atoms with Crippen LogP contribution in [0.1, 0.15) is 46.0 Å². The van der Waals surface area contributed by atoms with Gasteiger partial charge < -0.3 is 15.5 Å². The summed E-state index contributed by atoms with van der Waals surface area (Å²) in [5.41, 5.74) is 6.05. The summed E-state index contributed by atoms with van der Waals surface area (Å²) in [6, 6.07) is 0.862. The molecule has 18 heavy (non-hydrogen) atoms. The zero-order valence-corrected chi connectivity index (χ0v) is 12.5. The molecular formula is C15H31N3. The van der Waals surface area contributed by atoms with Gasteiger partial charge in [-0.05, 0) is 78.6 Å². The van der Waals surface area contributed by atoms with E-state index < -0.39 is 0 Å². The molecule has 2 atom stereocenters. The minimum Gasteiger partial charge on any atom is -0.326 e. The van der Waals surface area contributed by atoms with Crippen LogP contribution >= 0.6 is 0 Å². The van der Waals surface area contributed by atoms with Crippen LogP contribution in [-0.4, -0.2) is 54.6 Å². The van der Waals surface area contributed by atoms with Gasteiger partial charge in [-0.3, -0.25) is 0 Å². The average molecular weight is 253 g/mol. The van der Waals surface area contributed by atoms with Crippen LogP contribution in [0.2, 0.25) is 0 Å². The Balaban J connectivity index is 1.73. The number of fused-ring (bicyclic) bond motifs is 1. The Bertz CT molecular complexity index is 259. The zero-order valence-electron chi connectivity index (χ0n) is 12.5. The molecule has 0 bridgehead atoms. The van der Waals surface area contributed by atoms with Crippen molar-refractivity contribution in [1.29, 1.82) is 0 Å². The first-order valence-corrected chi connectivity index (χ1v) is 7.67. The summed E-state index contributed by atoms with van der Waals surface area (Å²) in [4.78, 5) is 5.26. The van der Waals surface area contributed by atoms with Crippen molar-refractivity contribution in [3.8, 4) is 0 Å². The van der Waals surface area contributed by atoms with Crippen LogP contribution in [0.3, 0.4) is 0 Å². The lowest BCUT2D eigenvalue weighted by molar-refractivity contribution is 0.0376. The van der Waals surface area contributed by atoms with Crippen LogP contribution in [0.4, 0.5) is 0 Å². The standard InChI is InChI=1S/C15H31N3/c1-15(2,16)8-5-10-18-11-7-14-13(12-18)6-4-9-17(14)3/h13-14H,4-12,16H2,1-3H3. The normalized spacial score (nSPS) is 31.3. The minimum absolute atomic E-state index is 0.00335. The monoisotopic (exact) mass is 253 g/mol. The second kappa shape index (κ2) is 5.89. The summed E-state index contributed by atoms with van der Waals surface area (Å²) in [6.07, 6.45) is 6.58. The Morgan fingerprint density at radius 3 is 2.72 bits per heavy atom. The number of piperidine rings is 2. The molecule has 2 fully saturated rings. The van der Waals surface area contributed by atoms with Gasteiger partial charge in [-0.1, -0.05) is 0 Å². The van der Waals surface area contributed by atoms with Gasteiger partial charge in [0.1, 0.15) is 0 Å². The molecule has 0 spiro atoms. The lowest BCUT2D eigenvalue weighted by atomic mass is 9.84. The lowest BCUT2D eigenvalue weighted by Gasteiger charge is -2.46. The van der Waals surface area contributed by atoms with E-state index in [2.05, 4.69) is 30.7 Å². The molecule has 2 unspecified atom stereocenters. The smallest absolute Gasteiger partial charge is 0.0145 e. The molecule has 2 rings (SSSR count). The van der Waals surface area contributed by atoms with E-state index in [0.717, 1.165) is 18.4 Å². The van der Waals surface area contributed by atoms with E-state index in [9.17, 15) is 0 Å². The van der Waals surface area contributed by atoms with E-state index in [-0.39, 0.29) is 5.54 Å². The molecule has 2 saturated heterocycles. The fraction of sp³-hybridized carbons (Fsp3) is 1.00. The Kier molecular flexibility index (Phi) is 4.68. The van der Waals surface area contributed by atoms with Gasteiger partial charge in [0.15, 0.2) is 0 Å². The van der Waals surface area contributed by atoms with E-state index in [4.69, 9.17) is 5.73 Å². The first kappa shape index (κ1) is 14.3. The fourth-order valence-electron chi connectivity index (χ4n) is 3.69. The maximum atomic E-state index is 6.05. The highest BCUT2D eigenvalue weighted by molar-refractivity contribution is 4.89. The minimum atomic E-state index is 0.00335. The molecule has 2 heterocycles. The third-order valence-electron chi connectivity index (χ3n) is 4.73. The molecule has 3 nitrogen and oxygen atoms in total. The van der Waals surface area contributed by atoms with Crippen molar-refractivity contribution >= 4 is 0 Å². The van der Waals surface area contributed by atoms with Crippen molar-refractivity contribution in [2.24, 2.45) is 11.7 Å². The quantitative estimate of drug-likeness (QED) is 0.831. The largest absolute Gasteiger partial charge is 0.326 e. The number of likely N-dealkylation sites (tertiary alicyclic amines) is 2. The first-order chi connectivity index (χ1) is 8.46. The predicted molar refractivity (Wildman–Crippen MR) is 77.7 cm³/mol. The summed E-state index contributed by atoms with van der Waals surface area (Å²) < 4.78 is 0. The molecule has 0 aromatic heterocycles. The fourth-order valence-corrected chi connectivity index (χ4v) is 3.69. The SMILES string of the molecule is CN1CCCC2CN(CCCC(C)(C)N)CCC21. The van der Waals surface area contributed by atoms with Gasteiger partial charge in [0.05, 0.1) is 0 Å². The Morgan fingerprint density at radius 2 is 2.00 bits per heavy atom. The second-order valence-electron chi connectivity index (χ2n) is 7.13. The zero-order chi connectivity index (χ0) is 13.2. The number of nitrogens with two attached hydrogens (primary N) is 1. The highest BCUT2D eigenvalue weighted by atomic mass is 15.2. The molecule has 0 aromatic rings. The van der Waals surface area contributed by atoms with Crippen molar-refractivity contribution in [3.63, 3.8) is 0 Å². The van der Waals surface area contributed by atoms with Crippen LogP contribution < -0.4 is 5.73 Å². The van der Waals surface area contributed by atoms with Crippen LogP contribution in [0, 0.1) is 5.92 Å². The highest BCUT2D eigenvalue weighted by Gasteiger charge is 2.33. The number of hydrogen-bond acceptors (Lipinski definition) is 3. The summed E-state index contributed by atoms with van der Waals surface area (Å²) in [7, 11) is 2.31. The maximum absolute atomic E-state index is 6.05.